The molecule has 0 amide bonds. The fourth-order valence-corrected chi connectivity index (χ4v) is 3.64. The third-order valence-corrected chi connectivity index (χ3v) is 5.68. The van der Waals surface area contributed by atoms with Gasteiger partial charge in [-0.25, -0.2) is 0 Å². The molecular weight excluding hydrogens is 382 g/mol. The zero-order chi connectivity index (χ0) is 19.0. The molecule has 2 aromatic rings. The van der Waals surface area contributed by atoms with Crippen molar-refractivity contribution in [2.45, 2.75) is 51.0 Å². The summed E-state index contributed by atoms with van der Waals surface area (Å²) < 4.78 is 0. The van der Waals surface area contributed by atoms with Crippen LogP contribution in [0.3, 0.4) is 0 Å². The molecule has 6 heteroatoms. The van der Waals surface area contributed by atoms with E-state index in [2.05, 4.69) is 6.92 Å². The number of hydrogen-bond acceptors (Lipinski definition) is 5. The summed E-state index contributed by atoms with van der Waals surface area (Å²) in [5.74, 6) is 0.235. The highest BCUT2D eigenvalue weighted by molar-refractivity contribution is 7.12. The third-order valence-electron chi connectivity index (χ3n) is 4.71. The van der Waals surface area contributed by atoms with Gasteiger partial charge >= 0.3 is 0 Å². The Hall–Kier alpha value is -1.24. The number of aliphatic hydroxyl groups is 2. The van der Waals surface area contributed by atoms with Crippen molar-refractivity contribution in [3.8, 4) is 11.1 Å². The number of ketones is 1. The molecule has 0 aliphatic carbocycles. The second-order valence-corrected chi connectivity index (χ2v) is 7.87. The van der Waals surface area contributed by atoms with Crippen LogP contribution in [0, 0.1) is 0 Å². The van der Waals surface area contributed by atoms with Crippen molar-refractivity contribution in [1.29, 1.82) is 0 Å². The number of thiophene rings is 1. The predicted molar refractivity (Wildman–Crippen MR) is 115 cm³/mol. The predicted octanol–water partition coefficient (Wildman–Crippen LogP) is 4.21. The maximum Gasteiger partial charge on any atom is 0.172 e. The number of carbonyl (C=O) groups excluding carboxylic acids is 1. The summed E-state index contributed by atoms with van der Waals surface area (Å²) in [6.45, 7) is 1.68. The quantitative estimate of drug-likeness (QED) is 0.382. The van der Waals surface area contributed by atoms with E-state index >= 15 is 0 Å². The summed E-state index contributed by atoms with van der Waals surface area (Å²) >= 11 is 1.51. The van der Waals surface area contributed by atoms with Gasteiger partial charge in [0.2, 0.25) is 0 Å². The van der Waals surface area contributed by atoms with Gasteiger partial charge in [0, 0.05) is 6.42 Å². The largest absolute Gasteiger partial charge is 0.394 e. The van der Waals surface area contributed by atoms with E-state index in [-0.39, 0.29) is 31.4 Å². The molecule has 1 aromatic heterocycles. The molecule has 2 rings (SSSR count). The monoisotopic (exact) mass is 411 g/mol. The highest BCUT2D eigenvalue weighted by Gasteiger charge is 2.22. The van der Waals surface area contributed by atoms with E-state index in [1.165, 1.54) is 11.3 Å². The first kappa shape index (κ1) is 23.8. The van der Waals surface area contributed by atoms with Crippen molar-refractivity contribution in [3.63, 3.8) is 0 Å². The Labute approximate surface area is 171 Å². The number of rotatable bonds is 11. The van der Waals surface area contributed by atoms with Crippen LogP contribution >= 0.6 is 23.7 Å². The lowest BCUT2D eigenvalue weighted by Gasteiger charge is -2.24. The van der Waals surface area contributed by atoms with Crippen LogP contribution in [0.2, 0.25) is 0 Å². The van der Waals surface area contributed by atoms with Crippen LogP contribution in [0.4, 0.5) is 0 Å². The average Bonchev–Trinajstić information content (AvgIpc) is 3.17. The SMILES string of the molecule is CCCCCC(=O)c1cc(-c2ccc(CCC(N)(CO)CO)cc2)cs1.Cl. The summed E-state index contributed by atoms with van der Waals surface area (Å²) in [4.78, 5) is 13.0. The Morgan fingerprint density at radius 2 is 1.78 bits per heavy atom. The van der Waals surface area contributed by atoms with Gasteiger partial charge in [-0.3, -0.25) is 4.79 Å². The minimum Gasteiger partial charge on any atom is -0.394 e. The summed E-state index contributed by atoms with van der Waals surface area (Å²) in [5.41, 5.74) is 8.24. The van der Waals surface area contributed by atoms with E-state index in [1.807, 2.05) is 35.7 Å². The molecule has 0 aliphatic heterocycles. The topological polar surface area (TPSA) is 83.6 Å². The normalized spacial score (nSPS) is 11.3. The lowest BCUT2D eigenvalue weighted by Crippen LogP contribution is -2.47. The van der Waals surface area contributed by atoms with Gasteiger partial charge in [-0.05, 0) is 47.4 Å². The maximum absolute atomic E-state index is 12.2. The Morgan fingerprint density at radius 1 is 1.11 bits per heavy atom. The van der Waals surface area contributed by atoms with E-state index in [1.54, 1.807) is 0 Å². The molecule has 0 atom stereocenters. The Bertz CT molecular complexity index is 696. The van der Waals surface area contributed by atoms with Gasteiger partial charge in [0.15, 0.2) is 5.78 Å². The van der Waals surface area contributed by atoms with Crippen LogP contribution in [-0.2, 0) is 6.42 Å². The van der Waals surface area contributed by atoms with E-state index in [9.17, 15) is 15.0 Å². The first-order chi connectivity index (χ1) is 12.5. The van der Waals surface area contributed by atoms with Crippen LogP contribution < -0.4 is 5.73 Å². The molecular formula is C21H30ClNO3S. The molecule has 4 nitrogen and oxygen atoms in total. The van der Waals surface area contributed by atoms with Gasteiger partial charge in [0.05, 0.1) is 23.6 Å². The number of benzene rings is 1. The summed E-state index contributed by atoms with van der Waals surface area (Å²) in [6, 6.07) is 10.1. The molecule has 4 N–H and O–H groups in total. The van der Waals surface area contributed by atoms with E-state index in [0.717, 1.165) is 40.8 Å². The summed E-state index contributed by atoms with van der Waals surface area (Å²) in [5, 5.41) is 20.6. The van der Waals surface area contributed by atoms with Crippen molar-refractivity contribution in [2.24, 2.45) is 5.73 Å². The van der Waals surface area contributed by atoms with Crippen LogP contribution in [0.1, 0.15) is 54.3 Å². The molecule has 0 spiro atoms. The number of carbonyl (C=O) groups is 1. The summed E-state index contributed by atoms with van der Waals surface area (Å²) in [6.07, 6.45) is 5.03. The lowest BCUT2D eigenvalue weighted by molar-refractivity contribution is 0.0983. The smallest absolute Gasteiger partial charge is 0.172 e. The Kier molecular flexibility index (Phi) is 10.2. The number of halogens is 1. The van der Waals surface area contributed by atoms with E-state index < -0.39 is 5.54 Å². The van der Waals surface area contributed by atoms with Crippen molar-refractivity contribution >= 4 is 29.5 Å². The highest BCUT2D eigenvalue weighted by atomic mass is 35.5. The van der Waals surface area contributed by atoms with E-state index in [0.29, 0.717) is 19.3 Å². The molecule has 1 heterocycles. The minimum atomic E-state index is -0.931. The van der Waals surface area contributed by atoms with Crippen LogP contribution in [0.5, 0.6) is 0 Å². The number of aryl methyl sites for hydroxylation is 1. The second-order valence-electron chi connectivity index (χ2n) is 6.96. The average molecular weight is 412 g/mol. The zero-order valence-corrected chi connectivity index (χ0v) is 17.5. The molecule has 0 fully saturated rings. The fraction of sp³-hybridized carbons (Fsp3) is 0.476. The zero-order valence-electron chi connectivity index (χ0n) is 15.8. The number of aliphatic hydroxyl groups excluding tert-OH is 2. The fourth-order valence-electron chi connectivity index (χ4n) is 2.76. The molecule has 150 valence electrons. The number of hydrogen-bond donors (Lipinski definition) is 3. The van der Waals surface area contributed by atoms with Gasteiger partial charge in [-0.1, -0.05) is 44.0 Å². The lowest BCUT2D eigenvalue weighted by atomic mass is 9.93. The number of unbranched alkanes of at least 4 members (excludes halogenated alkanes) is 2. The first-order valence-electron chi connectivity index (χ1n) is 9.23. The van der Waals surface area contributed by atoms with E-state index in [4.69, 9.17) is 5.73 Å². The van der Waals surface area contributed by atoms with Gasteiger partial charge in [0.1, 0.15) is 0 Å². The highest BCUT2D eigenvalue weighted by Crippen LogP contribution is 2.27. The Morgan fingerprint density at radius 3 is 2.37 bits per heavy atom. The molecule has 0 radical (unpaired) electrons. The number of Topliss-reactive ketones (excluding diaryl/α,β-unsaturated/α-hetero) is 1. The first-order valence-corrected chi connectivity index (χ1v) is 10.1. The summed E-state index contributed by atoms with van der Waals surface area (Å²) in [7, 11) is 0. The van der Waals surface area contributed by atoms with Crippen molar-refractivity contribution < 1.29 is 15.0 Å². The van der Waals surface area contributed by atoms with Crippen LogP contribution in [-0.4, -0.2) is 34.7 Å². The molecule has 0 saturated heterocycles. The minimum absolute atomic E-state index is 0. The van der Waals surface area contributed by atoms with Crippen LogP contribution in [0.25, 0.3) is 11.1 Å². The Balaban J connectivity index is 0.00000364. The molecule has 27 heavy (non-hydrogen) atoms. The standard InChI is InChI=1S/C21H29NO3S.ClH/c1-2-3-4-5-19(25)20-12-18(13-26-20)17-8-6-16(7-9-17)10-11-21(22,14-23)15-24;/h6-9,12-13,23-24H,2-5,10-11,14-15,22H2,1H3;1H. The van der Waals surface area contributed by atoms with Gasteiger partial charge in [-0.2, -0.15) is 0 Å². The molecule has 0 bridgehead atoms. The van der Waals surface area contributed by atoms with Gasteiger partial charge in [0.25, 0.3) is 0 Å². The third kappa shape index (κ3) is 7.01. The van der Waals surface area contributed by atoms with Gasteiger partial charge in [-0.15, -0.1) is 23.7 Å². The maximum atomic E-state index is 12.2. The van der Waals surface area contributed by atoms with Crippen LogP contribution in [0.15, 0.2) is 35.7 Å². The number of nitrogens with two attached hydrogens (primary N) is 1. The second kappa shape index (κ2) is 11.6. The molecule has 1 aromatic carbocycles. The van der Waals surface area contributed by atoms with Gasteiger partial charge < -0.3 is 15.9 Å². The molecule has 0 saturated carbocycles. The van der Waals surface area contributed by atoms with Crippen molar-refractivity contribution in [2.75, 3.05) is 13.2 Å². The van der Waals surface area contributed by atoms with Crippen molar-refractivity contribution in [1.82, 2.24) is 0 Å². The molecule has 0 aliphatic rings. The molecule has 0 unspecified atom stereocenters. The van der Waals surface area contributed by atoms with Crippen molar-refractivity contribution in [3.05, 3.63) is 46.2 Å².